The van der Waals surface area contributed by atoms with Crippen LogP contribution in [0.25, 0.3) is 0 Å². The van der Waals surface area contributed by atoms with Crippen molar-refractivity contribution in [3.63, 3.8) is 0 Å². The molecule has 0 atom stereocenters. The molecule has 0 aliphatic rings. The average Bonchev–Trinajstić information content (AvgIpc) is 3.26. The zero-order valence-corrected chi connectivity index (χ0v) is 22.4. The summed E-state index contributed by atoms with van der Waals surface area (Å²) in [6.45, 7) is 5.87. The Morgan fingerprint density at radius 2 is 1.71 bits per heavy atom. The van der Waals surface area contributed by atoms with Gasteiger partial charge in [-0.15, -0.1) is 11.3 Å². The van der Waals surface area contributed by atoms with Gasteiger partial charge in [-0.1, -0.05) is 30.3 Å². The van der Waals surface area contributed by atoms with Crippen LogP contribution in [0.1, 0.15) is 37.6 Å². The van der Waals surface area contributed by atoms with E-state index in [0.29, 0.717) is 35.9 Å². The molecule has 0 radical (unpaired) electrons. The second-order valence-electron chi connectivity index (χ2n) is 9.38. The normalized spacial score (nSPS) is 10.9. The SMILES string of the molecule is CC(C)(C)OC(=O)Nc1nc(CC(=O)Nc2ccc(CCOC(=O)NCCc3ccccc3O)cc2)cs1. The van der Waals surface area contributed by atoms with E-state index < -0.39 is 17.8 Å². The van der Waals surface area contributed by atoms with Crippen LogP contribution in [-0.2, 0) is 33.5 Å². The monoisotopic (exact) mass is 540 g/mol. The second-order valence-corrected chi connectivity index (χ2v) is 10.2. The minimum atomic E-state index is -0.615. The summed E-state index contributed by atoms with van der Waals surface area (Å²) in [4.78, 5) is 40.4. The van der Waals surface area contributed by atoms with Gasteiger partial charge < -0.3 is 25.2 Å². The van der Waals surface area contributed by atoms with Crippen molar-refractivity contribution in [3.05, 3.63) is 70.7 Å². The maximum atomic E-state index is 12.4. The Morgan fingerprint density at radius 1 is 0.974 bits per heavy atom. The number of phenols is 1. The predicted octanol–water partition coefficient (Wildman–Crippen LogP) is 4.89. The summed E-state index contributed by atoms with van der Waals surface area (Å²) in [5.74, 6) is -0.0390. The van der Waals surface area contributed by atoms with E-state index in [0.717, 1.165) is 11.1 Å². The topological polar surface area (TPSA) is 139 Å². The van der Waals surface area contributed by atoms with Gasteiger partial charge in [0, 0.05) is 24.0 Å². The number of anilines is 2. The predicted molar refractivity (Wildman–Crippen MR) is 146 cm³/mol. The van der Waals surface area contributed by atoms with Crippen molar-refractivity contribution in [2.24, 2.45) is 0 Å². The van der Waals surface area contributed by atoms with Crippen molar-refractivity contribution in [2.45, 2.75) is 45.6 Å². The molecule has 11 heteroatoms. The number of benzene rings is 2. The van der Waals surface area contributed by atoms with Crippen molar-refractivity contribution in [3.8, 4) is 5.75 Å². The lowest BCUT2D eigenvalue weighted by Crippen LogP contribution is -2.27. The fourth-order valence-corrected chi connectivity index (χ4v) is 3.99. The molecule has 0 fully saturated rings. The summed E-state index contributed by atoms with van der Waals surface area (Å²) in [7, 11) is 0. The molecule has 3 amide bonds. The van der Waals surface area contributed by atoms with E-state index in [4.69, 9.17) is 9.47 Å². The summed E-state index contributed by atoms with van der Waals surface area (Å²) in [6, 6.07) is 14.2. The fraction of sp³-hybridized carbons (Fsp3) is 0.333. The van der Waals surface area contributed by atoms with Crippen LogP contribution in [-0.4, -0.2) is 46.9 Å². The van der Waals surface area contributed by atoms with Crippen molar-refractivity contribution in [1.29, 1.82) is 0 Å². The van der Waals surface area contributed by atoms with E-state index in [1.54, 1.807) is 56.5 Å². The number of carbonyl (C=O) groups excluding carboxylic acids is 3. The second kappa shape index (κ2) is 13.4. The highest BCUT2D eigenvalue weighted by atomic mass is 32.1. The van der Waals surface area contributed by atoms with E-state index in [-0.39, 0.29) is 24.7 Å². The molecule has 0 aliphatic carbocycles. The average molecular weight is 541 g/mol. The first-order chi connectivity index (χ1) is 18.1. The van der Waals surface area contributed by atoms with Gasteiger partial charge in [0.25, 0.3) is 0 Å². The molecular formula is C27H32N4O6S. The maximum Gasteiger partial charge on any atom is 0.413 e. The third-order valence-corrected chi connectivity index (χ3v) is 5.82. The largest absolute Gasteiger partial charge is 0.508 e. The van der Waals surface area contributed by atoms with Gasteiger partial charge in [-0.05, 0) is 56.5 Å². The van der Waals surface area contributed by atoms with Crippen molar-refractivity contribution >= 4 is 40.2 Å². The third kappa shape index (κ3) is 10.1. The Hall–Kier alpha value is -4.12. The maximum absolute atomic E-state index is 12.4. The number of alkyl carbamates (subject to hydrolysis) is 1. The van der Waals surface area contributed by atoms with E-state index in [1.165, 1.54) is 11.3 Å². The Kier molecular flexibility index (Phi) is 10.1. The van der Waals surface area contributed by atoms with Crippen LogP contribution >= 0.6 is 11.3 Å². The number of carbonyl (C=O) groups is 3. The molecule has 10 nitrogen and oxygen atoms in total. The number of nitrogens with zero attached hydrogens (tertiary/aromatic N) is 1. The first-order valence-corrected chi connectivity index (χ1v) is 13.0. The Morgan fingerprint density at radius 3 is 2.42 bits per heavy atom. The van der Waals surface area contributed by atoms with Crippen molar-refractivity contribution in [1.82, 2.24) is 10.3 Å². The molecule has 4 N–H and O–H groups in total. The van der Waals surface area contributed by atoms with Gasteiger partial charge in [0.05, 0.1) is 18.7 Å². The number of nitrogens with one attached hydrogen (secondary N) is 3. The van der Waals surface area contributed by atoms with Crippen molar-refractivity contribution < 1.29 is 29.0 Å². The van der Waals surface area contributed by atoms with Crippen LogP contribution < -0.4 is 16.0 Å². The van der Waals surface area contributed by atoms with Crippen LogP contribution in [0.3, 0.4) is 0 Å². The molecule has 0 saturated heterocycles. The van der Waals surface area contributed by atoms with Gasteiger partial charge in [-0.2, -0.15) is 0 Å². The van der Waals surface area contributed by atoms with Crippen LogP contribution in [0.2, 0.25) is 0 Å². The summed E-state index contributed by atoms with van der Waals surface area (Å²) in [5.41, 5.74) is 2.25. The van der Waals surface area contributed by atoms with Gasteiger partial charge in [-0.3, -0.25) is 10.1 Å². The first-order valence-electron chi connectivity index (χ1n) is 12.1. The Labute approximate surface area is 225 Å². The number of ether oxygens (including phenoxy) is 2. The van der Waals surface area contributed by atoms with E-state index >= 15 is 0 Å². The molecule has 0 unspecified atom stereocenters. The molecule has 1 aromatic heterocycles. The zero-order valence-electron chi connectivity index (χ0n) is 21.6. The van der Waals surface area contributed by atoms with Crippen molar-refractivity contribution in [2.75, 3.05) is 23.8 Å². The number of amides is 3. The molecular weight excluding hydrogens is 508 g/mol. The number of phenolic OH excluding ortho intramolecular Hbond substituents is 1. The van der Waals surface area contributed by atoms with Gasteiger partial charge in [-0.25, -0.2) is 14.6 Å². The molecule has 0 bridgehead atoms. The Bertz CT molecular complexity index is 1240. The molecule has 3 aromatic rings. The highest BCUT2D eigenvalue weighted by molar-refractivity contribution is 7.13. The standard InChI is InChI=1S/C27H32N4O6S/c1-27(2,3)37-26(35)31-24-30-21(17-38-24)16-23(33)29-20-10-8-18(9-11-20)13-15-36-25(34)28-14-12-19-6-4-5-7-22(19)32/h4-11,17,32H,12-16H2,1-3H3,(H,28,34)(H,29,33)(H,30,31,35). The molecule has 0 saturated carbocycles. The van der Waals surface area contributed by atoms with E-state index in [2.05, 4.69) is 20.9 Å². The lowest BCUT2D eigenvalue weighted by atomic mass is 10.1. The number of aromatic hydroxyl groups is 1. The van der Waals surface area contributed by atoms with Crippen LogP contribution in [0.15, 0.2) is 53.9 Å². The highest BCUT2D eigenvalue weighted by Crippen LogP contribution is 2.19. The lowest BCUT2D eigenvalue weighted by Gasteiger charge is -2.18. The smallest absolute Gasteiger partial charge is 0.413 e. The first kappa shape index (κ1) is 28.5. The van der Waals surface area contributed by atoms with Crippen LogP contribution in [0.4, 0.5) is 20.4 Å². The van der Waals surface area contributed by atoms with Crippen LogP contribution in [0.5, 0.6) is 5.75 Å². The summed E-state index contributed by atoms with van der Waals surface area (Å²) >= 11 is 1.21. The molecule has 0 spiro atoms. The zero-order chi connectivity index (χ0) is 27.5. The molecule has 0 aliphatic heterocycles. The quantitative estimate of drug-likeness (QED) is 0.287. The van der Waals surface area contributed by atoms with Gasteiger partial charge in [0.15, 0.2) is 5.13 Å². The minimum Gasteiger partial charge on any atom is -0.508 e. The lowest BCUT2D eigenvalue weighted by molar-refractivity contribution is -0.115. The number of aromatic nitrogens is 1. The Balaban J connectivity index is 1.34. The minimum absolute atomic E-state index is 0.0566. The number of hydrogen-bond donors (Lipinski definition) is 4. The highest BCUT2D eigenvalue weighted by Gasteiger charge is 2.17. The van der Waals surface area contributed by atoms with Crippen LogP contribution in [0, 0.1) is 0 Å². The van der Waals surface area contributed by atoms with Gasteiger partial charge in [0.1, 0.15) is 11.4 Å². The summed E-state index contributed by atoms with van der Waals surface area (Å²) in [5, 5.41) is 19.8. The third-order valence-electron chi connectivity index (χ3n) is 5.02. The number of rotatable bonds is 10. The number of hydrogen-bond acceptors (Lipinski definition) is 8. The van der Waals surface area contributed by atoms with E-state index in [1.807, 2.05) is 18.2 Å². The van der Waals surface area contributed by atoms with E-state index in [9.17, 15) is 19.5 Å². The molecule has 38 heavy (non-hydrogen) atoms. The molecule has 2 aromatic carbocycles. The molecule has 202 valence electrons. The number of para-hydroxylation sites is 1. The fourth-order valence-electron chi connectivity index (χ4n) is 3.30. The van der Waals surface area contributed by atoms with Gasteiger partial charge >= 0.3 is 12.2 Å². The number of thiazole rings is 1. The molecule has 1 heterocycles. The van der Waals surface area contributed by atoms with Gasteiger partial charge in [0.2, 0.25) is 5.91 Å². The molecule has 3 rings (SSSR count). The summed E-state index contributed by atoms with van der Waals surface area (Å²) < 4.78 is 10.4. The summed E-state index contributed by atoms with van der Waals surface area (Å²) in [6.07, 6.45) is -0.0373.